The van der Waals surface area contributed by atoms with Crippen LogP contribution in [0.2, 0.25) is 0 Å². The number of para-hydroxylation sites is 4. The predicted molar refractivity (Wildman–Crippen MR) is 464 cm³/mol. The van der Waals surface area contributed by atoms with Gasteiger partial charge in [-0.2, -0.15) is 0 Å². The fourth-order valence-corrected chi connectivity index (χ4v) is 17.2. The Bertz CT molecular complexity index is 7350. The first-order valence-electron chi connectivity index (χ1n) is 38.1. The molecule has 0 atom stereocenters. The minimum Gasteiger partial charge on any atom is -0.309 e. The lowest BCUT2D eigenvalue weighted by atomic mass is 9.96. The first-order chi connectivity index (χ1) is 55.5. The smallest absolute Gasteiger partial charge is 0.160 e. The molecule has 0 amide bonds. The molecule has 22 rings (SSSR count). The summed E-state index contributed by atoms with van der Waals surface area (Å²) < 4.78 is 9.67. The number of rotatable bonds is 13. The molecule has 8 nitrogen and oxygen atoms in total. The van der Waals surface area contributed by atoms with E-state index >= 15 is 0 Å². The maximum absolute atomic E-state index is 5.32. The van der Waals surface area contributed by atoms with Crippen molar-refractivity contribution in [1.29, 1.82) is 0 Å². The fraction of sp³-hybridized carbons (Fsp3) is 0. The van der Waals surface area contributed by atoms with Gasteiger partial charge in [-0.15, -0.1) is 0 Å². The second kappa shape index (κ2) is 26.4. The summed E-state index contributed by atoms with van der Waals surface area (Å²) in [7, 11) is 0. The van der Waals surface area contributed by atoms with E-state index in [9.17, 15) is 0 Å². The molecule has 16 aromatic carbocycles. The number of hydrogen-bond acceptors (Lipinski definition) is 4. The zero-order valence-corrected chi connectivity index (χ0v) is 60.7. The van der Waals surface area contributed by atoms with Crippen LogP contribution in [0.15, 0.2) is 400 Å². The Kier molecular flexibility index (Phi) is 15.1. The van der Waals surface area contributed by atoms with Crippen LogP contribution in [-0.4, -0.2) is 38.2 Å². The molecular formula is C104H66N8. The van der Waals surface area contributed by atoms with Gasteiger partial charge in [-0.05, 0) is 161 Å². The summed E-state index contributed by atoms with van der Waals surface area (Å²) in [6, 6.07) is 144. The summed E-state index contributed by atoms with van der Waals surface area (Å²) in [5, 5.41) is 9.43. The van der Waals surface area contributed by atoms with Crippen LogP contribution < -0.4 is 0 Å². The molecule has 0 fully saturated rings. The van der Waals surface area contributed by atoms with Crippen LogP contribution in [0.1, 0.15) is 0 Å². The SMILES string of the molecule is c1ccc(-c2cc(-c3ccccc3)nc(-c3cccc(-n4c5ccccc5c5ccc(-c6ccc7c(c6)c6ccc(-c8ccc9c(c8)c8c(-c%10ccc%11c(c%10)c%10ccccc%10n%11-c%10ccccc%10)cccc8n9-c8cccc(-c9nc(-c%10ccccc%10)cc(-c%10ccccc%10)n9)c8)cc6n7-c6ccccc6)cc54)c3)n2)cc1. The molecule has 8 heteroatoms. The Morgan fingerprint density at radius 2 is 0.446 bits per heavy atom. The van der Waals surface area contributed by atoms with Crippen molar-refractivity contribution in [3.8, 4) is 124 Å². The first-order valence-corrected chi connectivity index (χ1v) is 38.1. The molecule has 0 saturated heterocycles. The van der Waals surface area contributed by atoms with Crippen molar-refractivity contribution in [3.63, 3.8) is 0 Å². The third-order valence-corrected chi connectivity index (χ3v) is 22.4. The molecule has 0 spiro atoms. The normalized spacial score (nSPS) is 11.8. The average Bonchev–Trinajstić information content (AvgIpc) is 1.56. The Hall–Kier alpha value is -15.1. The second-order valence-corrected chi connectivity index (χ2v) is 28.9. The van der Waals surface area contributed by atoms with Crippen LogP contribution in [0.4, 0.5) is 0 Å². The molecule has 0 saturated carbocycles. The van der Waals surface area contributed by atoms with Crippen molar-refractivity contribution < 1.29 is 0 Å². The van der Waals surface area contributed by atoms with Gasteiger partial charge >= 0.3 is 0 Å². The van der Waals surface area contributed by atoms with Gasteiger partial charge in [-0.25, -0.2) is 19.9 Å². The van der Waals surface area contributed by atoms with Crippen molar-refractivity contribution >= 4 is 87.2 Å². The van der Waals surface area contributed by atoms with E-state index in [1.807, 2.05) is 24.3 Å². The lowest BCUT2D eigenvalue weighted by Crippen LogP contribution is -1.98. The van der Waals surface area contributed by atoms with Crippen LogP contribution in [0, 0.1) is 0 Å². The van der Waals surface area contributed by atoms with Gasteiger partial charge in [0.2, 0.25) is 0 Å². The largest absolute Gasteiger partial charge is 0.309 e. The van der Waals surface area contributed by atoms with E-state index in [4.69, 9.17) is 19.9 Å². The molecule has 522 valence electrons. The molecule has 112 heavy (non-hydrogen) atoms. The van der Waals surface area contributed by atoms with E-state index < -0.39 is 0 Å². The van der Waals surface area contributed by atoms with Gasteiger partial charge in [-0.1, -0.05) is 273 Å². The summed E-state index contributed by atoms with van der Waals surface area (Å²) in [6.07, 6.45) is 0. The van der Waals surface area contributed by atoms with Crippen LogP contribution in [0.25, 0.3) is 211 Å². The molecule has 0 aliphatic heterocycles. The predicted octanol–water partition coefficient (Wildman–Crippen LogP) is 26.7. The van der Waals surface area contributed by atoms with Crippen molar-refractivity contribution in [3.05, 3.63) is 400 Å². The third-order valence-electron chi connectivity index (χ3n) is 22.4. The van der Waals surface area contributed by atoms with Gasteiger partial charge in [0.05, 0.1) is 66.9 Å². The zero-order valence-electron chi connectivity index (χ0n) is 60.7. The Morgan fingerprint density at radius 3 is 0.920 bits per heavy atom. The Morgan fingerprint density at radius 1 is 0.152 bits per heavy atom. The molecule has 0 unspecified atom stereocenters. The molecule has 0 bridgehead atoms. The average molecular weight is 1430 g/mol. The number of nitrogens with zero attached hydrogens (tertiary/aromatic N) is 8. The van der Waals surface area contributed by atoms with E-state index in [1.165, 1.54) is 43.2 Å². The van der Waals surface area contributed by atoms with Crippen LogP contribution in [-0.2, 0) is 0 Å². The van der Waals surface area contributed by atoms with E-state index in [1.54, 1.807) is 0 Å². The van der Waals surface area contributed by atoms with Crippen molar-refractivity contribution in [2.45, 2.75) is 0 Å². The van der Waals surface area contributed by atoms with Gasteiger partial charge < -0.3 is 18.3 Å². The fourth-order valence-electron chi connectivity index (χ4n) is 17.2. The number of benzene rings is 16. The molecular weight excluding hydrogens is 1360 g/mol. The highest BCUT2D eigenvalue weighted by Gasteiger charge is 2.24. The monoisotopic (exact) mass is 1430 g/mol. The lowest BCUT2D eigenvalue weighted by Gasteiger charge is -2.13. The summed E-state index contributed by atoms with van der Waals surface area (Å²) in [6.45, 7) is 0. The molecule has 0 aliphatic rings. The highest BCUT2D eigenvalue weighted by molar-refractivity contribution is 6.19. The summed E-state index contributed by atoms with van der Waals surface area (Å²) >= 11 is 0. The molecule has 6 aromatic heterocycles. The van der Waals surface area contributed by atoms with Gasteiger partial charge in [-0.3, -0.25) is 0 Å². The summed E-state index contributed by atoms with van der Waals surface area (Å²) in [5.74, 6) is 1.33. The van der Waals surface area contributed by atoms with Gasteiger partial charge in [0, 0.05) is 99.2 Å². The number of fused-ring (bicyclic) bond motifs is 12. The standard InChI is InChI=1S/C104H66N8/c1-7-26-67(27-8-1)90-65-91(68-28-9-2-10-29-68)106-103(105-90)76-34-23-40-80(58-76)111-98-56-51-72(61-89(98)102-82(44-25-47-99(102)111)75-52-57-96-88(62-75)84-43-20-22-46-95(84)109(96)78-36-15-5-16-37-78)74-49-54-86-87-60-71(50-55-97(87)110(101(86)64-74)79-38-17-6-18-39-79)73-48-53-85-83-42-19-21-45-94(83)112(100(85)63-73)81-41-24-35-77(59-81)104-107-92(69-30-11-3-12-31-69)66-93(108-104)70-32-13-4-14-33-70/h1-66H. The maximum Gasteiger partial charge on any atom is 0.160 e. The van der Waals surface area contributed by atoms with Crippen molar-refractivity contribution in [2.75, 3.05) is 0 Å². The van der Waals surface area contributed by atoms with Crippen molar-refractivity contribution in [1.82, 2.24) is 38.2 Å². The molecule has 6 heterocycles. The molecule has 0 N–H and O–H groups in total. The van der Waals surface area contributed by atoms with E-state index in [2.05, 4.69) is 394 Å². The number of aromatic nitrogens is 8. The lowest BCUT2D eigenvalue weighted by molar-refractivity contribution is 1.16. The van der Waals surface area contributed by atoms with Crippen LogP contribution in [0.5, 0.6) is 0 Å². The zero-order chi connectivity index (χ0) is 73.7. The molecule has 0 aliphatic carbocycles. The third kappa shape index (κ3) is 10.8. The highest BCUT2D eigenvalue weighted by atomic mass is 15.0. The topological polar surface area (TPSA) is 71.3 Å². The van der Waals surface area contributed by atoms with Gasteiger partial charge in [0.1, 0.15) is 0 Å². The molecule has 22 aromatic rings. The van der Waals surface area contributed by atoms with Gasteiger partial charge in [0.15, 0.2) is 11.6 Å². The van der Waals surface area contributed by atoms with Crippen LogP contribution >= 0.6 is 0 Å². The highest BCUT2D eigenvalue weighted by Crippen LogP contribution is 2.46. The Labute approximate surface area is 645 Å². The number of hydrogen-bond donors (Lipinski definition) is 0. The summed E-state index contributed by atoms with van der Waals surface area (Å²) in [4.78, 5) is 21.1. The molecule has 0 radical (unpaired) electrons. The first kappa shape index (κ1) is 64.1. The minimum absolute atomic E-state index is 0.657. The Balaban J connectivity index is 0.693. The van der Waals surface area contributed by atoms with E-state index in [0.717, 1.165) is 156 Å². The second-order valence-electron chi connectivity index (χ2n) is 28.9. The minimum atomic E-state index is 0.657. The van der Waals surface area contributed by atoms with Crippen LogP contribution in [0.3, 0.4) is 0 Å². The van der Waals surface area contributed by atoms with Gasteiger partial charge in [0.25, 0.3) is 0 Å². The quantitative estimate of drug-likeness (QED) is 0.115. The van der Waals surface area contributed by atoms with Crippen molar-refractivity contribution in [2.24, 2.45) is 0 Å². The summed E-state index contributed by atoms with van der Waals surface area (Å²) in [5.41, 5.74) is 29.5. The van der Waals surface area contributed by atoms with E-state index in [0.29, 0.717) is 11.6 Å². The van der Waals surface area contributed by atoms with E-state index in [-0.39, 0.29) is 0 Å². The maximum atomic E-state index is 5.32.